The average molecular weight is 247 g/mol. The Morgan fingerprint density at radius 3 is 2.83 bits per heavy atom. The van der Waals surface area contributed by atoms with Crippen molar-refractivity contribution in [2.45, 2.75) is 45.3 Å². The topological polar surface area (TPSA) is 23.5 Å². The second-order valence-electron chi connectivity index (χ2n) is 5.77. The van der Waals surface area contributed by atoms with Gasteiger partial charge in [-0.2, -0.15) is 0 Å². The lowest BCUT2D eigenvalue weighted by atomic mass is 10.0. The molecule has 0 aliphatic heterocycles. The molecule has 1 saturated carbocycles. The van der Waals surface area contributed by atoms with Crippen molar-refractivity contribution < 1.29 is 5.11 Å². The minimum atomic E-state index is -0.0441. The molecule has 1 aliphatic carbocycles. The van der Waals surface area contributed by atoms with Gasteiger partial charge < -0.3 is 10.0 Å². The van der Waals surface area contributed by atoms with Crippen molar-refractivity contribution in [2.75, 3.05) is 13.6 Å². The van der Waals surface area contributed by atoms with Gasteiger partial charge in [-0.25, -0.2) is 0 Å². The maximum Gasteiger partial charge on any atom is 0.0568 e. The zero-order valence-electron chi connectivity index (χ0n) is 11.6. The van der Waals surface area contributed by atoms with Crippen LogP contribution in [0.4, 0.5) is 0 Å². The van der Waals surface area contributed by atoms with Gasteiger partial charge in [-0.3, -0.25) is 0 Å². The Morgan fingerprint density at radius 1 is 1.33 bits per heavy atom. The van der Waals surface area contributed by atoms with Crippen molar-refractivity contribution in [3.8, 4) is 0 Å². The van der Waals surface area contributed by atoms with Crippen LogP contribution in [0.25, 0.3) is 0 Å². The van der Waals surface area contributed by atoms with Crippen molar-refractivity contribution in [2.24, 2.45) is 5.92 Å². The number of aliphatic hydroxyl groups is 1. The van der Waals surface area contributed by atoms with E-state index in [0.717, 1.165) is 25.9 Å². The smallest absolute Gasteiger partial charge is 0.0568 e. The summed E-state index contributed by atoms with van der Waals surface area (Å²) in [5.74, 6) is 0.532. The second kappa shape index (κ2) is 6.35. The van der Waals surface area contributed by atoms with Gasteiger partial charge in [0.25, 0.3) is 0 Å². The van der Waals surface area contributed by atoms with Gasteiger partial charge in [0.2, 0.25) is 0 Å². The summed E-state index contributed by atoms with van der Waals surface area (Å²) in [6.45, 7) is 4.22. The first-order chi connectivity index (χ1) is 8.65. The Bertz CT molecular complexity index is 377. The number of hydrogen-bond donors (Lipinski definition) is 1. The molecule has 0 aromatic heterocycles. The van der Waals surface area contributed by atoms with Gasteiger partial charge in [-0.05, 0) is 51.3 Å². The lowest BCUT2D eigenvalue weighted by molar-refractivity contribution is 0.120. The number of aryl methyl sites for hydroxylation is 1. The van der Waals surface area contributed by atoms with Crippen molar-refractivity contribution in [3.05, 3.63) is 35.4 Å². The zero-order valence-corrected chi connectivity index (χ0v) is 11.6. The molecule has 18 heavy (non-hydrogen) atoms. The molecule has 0 saturated heterocycles. The van der Waals surface area contributed by atoms with Crippen molar-refractivity contribution in [3.63, 3.8) is 0 Å². The monoisotopic (exact) mass is 247 g/mol. The van der Waals surface area contributed by atoms with Crippen LogP contribution in [0.3, 0.4) is 0 Å². The Hall–Kier alpha value is -0.860. The molecule has 0 amide bonds. The lowest BCUT2D eigenvalue weighted by Crippen LogP contribution is -2.24. The van der Waals surface area contributed by atoms with Crippen molar-refractivity contribution >= 4 is 0 Å². The Labute approximate surface area is 111 Å². The molecule has 0 bridgehead atoms. The molecule has 0 radical (unpaired) electrons. The number of nitrogens with zero attached hydrogens (tertiary/aromatic N) is 1. The Morgan fingerprint density at radius 2 is 2.17 bits per heavy atom. The summed E-state index contributed by atoms with van der Waals surface area (Å²) in [4.78, 5) is 2.36. The molecular weight excluding hydrogens is 222 g/mol. The third-order valence-electron chi connectivity index (χ3n) is 4.04. The summed E-state index contributed by atoms with van der Waals surface area (Å²) < 4.78 is 0. The molecule has 100 valence electrons. The third kappa shape index (κ3) is 3.82. The molecule has 1 fully saturated rings. The molecule has 1 N–H and O–H groups in total. The minimum absolute atomic E-state index is 0.0441. The highest BCUT2D eigenvalue weighted by atomic mass is 16.3. The first-order valence-corrected chi connectivity index (χ1v) is 7.07. The molecule has 2 unspecified atom stereocenters. The van der Waals surface area contributed by atoms with Crippen molar-refractivity contribution in [1.29, 1.82) is 0 Å². The van der Waals surface area contributed by atoms with Crippen molar-refractivity contribution in [1.82, 2.24) is 4.90 Å². The van der Waals surface area contributed by atoms with Crippen LogP contribution in [-0.2, 0) is 6.54 Å². The number of rotatable bonds is 5. The van der Waals surface area contributed by atoms with Gasteiger partial charge in [-0.15, -0.1) is 0 Å². The minimum Gasteiger partial charge on any atom is -0.393 e. The predicted molar refractivity (Wildman–Crippen MR) is 75.5 cm³/mol. The summed E-state index contributed by atoms with van der Waals surface area (Å²) >= 11 is 0. The van der Waals surface area contributed by atoms with E-state index in [0.29, 0.717) is 5.92 Å². The van der Waals surface area contributed by atoms with E-state index in [1.807, 2.05) is 0 Å². The van der Waals surface area contributed by atoms with Gasteiger partial charge in [0, 0.05) is 6.54 Å². The molecule has 1 aliphatic rings. The largest absolute Gasteiger partial charge is 0.393 e. The van der Waals surface area contributed by atoms with E-state index in [2.05, 4.69) is 43.1 Å². The summed E-state index contributed by atoms with van der Waals surface area (Å²) in [6.07, 6.45) is 4.50. The van der Waals surface area contributed by atoms with Gasteiger partial charge >= 0.3 is 0 Å². The molecule has 2 atom stereocenters. The van der Waals surface area contributed by atoms with Gasteiger partial charge in [-0.1, -0.05) is 36.2 Å². The highest BCUT2D eigenvalue weighted by Crippen LogP contribution is 2.28. The maximum atomic E-state index is 9.81. The van der Waals surface area contributed by atoms with E-state index in [4.69, 9.17) is 0 Å². The van der Waals surface area contributed by atoms with E-state index >= 15 is 0 Å². The first kappa shape index (κ1) is 13.6. The van der Waals surface area contributed by atoms with Crippen LogP contribution in [0.15, 0.2) is 24.3 Å². The number of benzene rings is 1. The van der Waals surface area contributed by atoms with Crippen LogP contribution < -0.4 is 0 Å². The maximum absolute atomic E-state index is 9.81. The van der Waals surface area contributed by atoms with E-state index < -0.39 is 0 Å². The van der Waals surface area contributed by atoms with E-state index in [9.17, 15) is 5.11 Å². The van der Waals surface area contributed by atoms with Gasteiger partial charge in [0.05, 0.1) is 6.10 Å². The summed E-state index contributed by atoms with van der Waals surface area (Å²) in [7, 11) is 2.17. The van der Waals surface area contributed by atoms with Crippen LogP contribution in [-0.4, -0.2) is 29.7 Å². The summed E-state index contributed by atoms with van der Waals surface area (Å²) in [6, 6.07) is 8.70. The molecule has 2 nitrogen and oxygen atoms in total. The first-order valence-electron chi connectivity index (χ1n) is 7.07. The van der Waals surface area contributed by atoms with Gasteiger partial charge in [0.15, 0.2) is 0 Å². The molecule has 2 rings (SSSR count). The fraction of sp³-hybridized carbons (Fsp3) is 0.625. The van der Waals surface area contributed by atoms with Crippen LogP contribution in [0.5, 0.6) is 0 Å². The summed E-state index contributed by atoms with van der Waals surface area (Å²) in [5, 5.41) is 9.81. The van der Waals surface area contributed by atoms with Gasteiger partial charge in [0.1, 0.15) is 0 Å². The second-order valence-corrected chi connectivity index (χ2v) is 5.77. The highest BCUT2D eigenvalue weighted by molar-refractivity contribution is 5.21. The van der Waals surface area contributed by atoms with Crippen LogP contribution in [0.1, 0.15) is 36.8 Å². The lowest BCUT2D eigenvalue weighted by Gasteiger charge is -2.21. The normalized spacial score (nSPS) is 23.8. The molecule has 0 heterocycles. The fourth-order valence-corrected chi connectivity index (χ4v) is 2.94. The standard InChI is InChI=1S/C16H25NO/c1-13-5-3-6-14(11-13)12-17(2)10-9-15-7-4-8-16(15)18/h3,5-6,11,15-16,18H,4,7-10,12H2,1-2H3. The predicted octanol–water partition coefficient (Wildman–Crippen LogP) is 2.98. The zero-order chi connectivity index (χ0) is 13.0. The molecule has 1 aromatic rings. The SMILES string of the molecule is Cc1cccc(CN(C)CCC2CCCC2O)c1. The third-order valence-corrected chi connectivity index (χ3v) is 4.04. The molecule has 2 heteroatoms. The molecular formula is C16H25NO. The average Bonchev–Trinajstić information content (AvgIpc) is 2.72. The highest BCUT2D eigenvalue weighted by Gasteiger charge is 2.24. The van der Waals surface area contributed by atoms with E-state index in [1.165, 1.54) is 24.0 Å². The fourth-order valence-electron chi connectivity index (χ4n) is 2.94. The quantitative estimate of drug-likeness (QED) is 0.864. The molecule has 1 aromatic carbocycles. The van der Waals surface area contributed by atoms with Crippen LogP contribution >= 0.6 is 0 Å². The van der Waals surface area contributed by atoms with Crippen LogP contribution in [0.2, 0.25) is 0 Å². The van der Waals surface area contributed by atoms with Crippen LogP contribution in [0, 0.1) is 12.8 Å². The van der Waals surface area contributed by atoms with E-state index in [-0.39, 0.29) is 6.10 Å². The molecule has 0 spiro atoms. The summed E-state index contributed by atoms with van der Waals surface area (Å²) in [5.41, 5.74) is 2.71. The number of aliphatic hydroxyl groups excluding tert-OH is 1. The Balaban J connectivity index is 1.76. The Kier molecular flexibility index (Phi) is 4.79. The number of hydrogen-bond acceptors (Lipinski definition) is 2. The van der Waals surface area contributed by atoms with E-state index in [1.54, 1.807) is 0 Å².